The molecule has 0 aliphatic heterocycles. The Morgan fingerprint density at radius 3 is 2.88 bits per heavy atom. The van der Waals surface area contributed by atoms with Crippen molar-refractivity contribution in [3.05, 3.63) is 35.9 Å². The highest BCUT2D eigenvalue weighted by atomic mass is 32.2. The van der Waals surface area contributed by atoms with Crippen molar-refractivity contribution in [3.63, 3.8) is 0 Å². The van der Waals surface area contributed by atoms with Crippen LogP contribution in [0.1, 0.15) is 13.3 Å². The third-order valence-electron chi connectivity index (χ3n) is 2.09. The smallest absolute Gasteiger partial charge is 0.331 e. The van der Waals surface area contributed by atoms with E-state index in [1.54, 1.807) is 17.8 Å². The lowest BCUT2D eigenvalue weighted by Crippen LogP contribution is -1.99. The molecule has 0 radical (unpaired) electrons. The average Bonchev–Trinajstić information content (AvgIpc) is 2.24. The van der Waals surface area contributed by atoms with E-state index in [1.807, 2.05) is 31.2 Å². The average molecular weight is 237 g/mol. The van der Waals surface area contributed by atoms with Crippen LogP contribution >= 0.6 is 11.8 Å². The minimum atomic E-state index is -0.837. The van der Waals surface area contributed by atoms with Crippen molar-refractivity contribution in [2.75, 3.05) is 11.5 Å². The summed E-state index contributed by atoms with van der Waals surface area (Å²) in [5, 5.41) is 8.82. The van der Waals surface area contributed by atoms with Crippen molar-refractivity contribution in [1.82, 2.24) is 0 Å². The van der Waals surface area contributed by atoms with Crippen molar-refractivity contribution < 1.29 is 9.90 Å². The lowest BCUT2D eigenvalue weighted by atomic mass is 10.2. The van der Waals surface area contributed by atoms with Gasteiger partial charge in [-0.25, -0.2) is 4.79 Å². The van der Waals surface area contributed by atoms with E-state index in [0.717, 1.165) is 10.6 Å². The number of carboxylic acids is 1. The Morgan fingerprint density at radius 1 is 1.56 bits per heavy atom. The molecule has 0 aliphatic carbocycles. The summed E-state index contributed by atoms with van der Waals surface area (Å²) in [7, 11) is 0. The van der Waals surface area contributed by atoms with Gasteiger partial charge in [0.15, 0.2) is 0 Å². The second kappa shape index (κ2) is 6.23. The van der Waals surface area contributed by atoms with Crippen LogP contribution in [-0.2, 0) is 4.79 Å². The first-order valence-corrected chi connectivity index (χ1v) is 6.02. The predicted octanol–water partition coefficient (Wildman–Crippen LogP) is 2.78. The van der Waals surface area contributed by atoms with E-state index in [2.05, 4.69) is 0 Å². The van der Waals surface area contributed by atoms with Crippen LogP contribution in [0, 0.1) is 0 Å². The molecular formula is C12H15NO2S. The Balaban J connectivity index is 2.55. The van der Waals surface area contributed by atoms with Gasteiger partial charge in [0.2, 0.25) is 0 Å². The second-order valence-electron chi connectivity index (χ2n) is 3.27. The van der Waals surface area contributed by atoms with E-state index in [1.165, 1.54) is 0 Å². The van der Waals surface area contributed by atoms with Crippen LogP contribution in [-0.4, -0.2) is 16.8 Å². The standard InChI is InChI=1S/C12H15NO2S/c1-2-9(12(14)15)6-7-16-11-5-3-4-10(13)8-11/h3-6,8H,2,7,13H2,1H3,(H,14,15). The molecule has 3 nitrogen and oxygen atoms in total. The van der Waals surface area contributed by atoms with Crippen molar-refractivity contribution in [2.45, 2.75) is 18.2 Å². The summed E-state index contributed by atoms with van der Waals surface area (Å²) < 4.78 is 0. The fourth-order valence-electron chi connectivity index (χ4n) is 1.23. The maximum Gasteiger partial charge on any atom is 0.331 e. The lowest BCUT2D eigenvalue weighted by molar-refractivity contribution is -0.132. The van der Waals surface area contributed by atoms with E-state index in [-0.39, 0.29) is 0 Å². The number of carbonyl (C=O) groups is 1. The SMILES string of the molecule is CCC(=CCSc1cccc(N)c1)C(=O)O. The number of aliphatic carboxylic acids is 1. The first-order chi connectivity index (χ1) is 7.63. The monoisotopic (exact) mass is 237 g/mol. The quantitative estimate of drug-likeness (QED) is 0.469. The molecule has 1 aromatic rings. The molecule has 4 heteroatoms. The summed E-state index contributed by atoms with van der Waals surface area (Å²) >= 11 is 1.58. The number of hydrogen-bond acceptors (Lipinski definition) is 3. The molecule has 0 fully saturated rings. The van der Waals surface area contributed by atoms with Gasteiger partial charge in [0.05, 0.1) is 0 Å². The van der Waals surface area contributed by atoms with Crippen molar-refractivity contribution >= 4 is 23.4 Å². The van der Waals surface area contributed by atoms with Crippen molar-refractivity contribution in [3.8, 4) is 0 Å². The minimum absolute atomic E-state index is 0.455. The number of thioether (sulfide) groups is 1. The van der Waals surface area contributed by atoms with E-state index in [4.69, 9.17) is 10.8 Å². The molecule has 0 amide bonds. The number of hydrogen-bond donors (Lipinski definition) is 2. The Kier molecular flexibility index (Phi) is 4.92. The maximum absolute atomic E-state index is 10.7. The molecule has 0 saturated carbocycles. The highest BCUT2D eigenvalue weighted by Crippen LogP contribution is 2.20. The summed E-state index contributed by atoms with van der Waals surface area (Å²) in [4.78, 5) is 11.8. The van der Waals surface area contributed by atoms with Gasteiger partial charge in [-0.2, -0.15) is 0 Å². The van der Waals surface area contributed by atoms with Crippen LogP contribution < -0.4 is 5.73 Å². The third-order valence-corrected chi connectivity index (χ3v) is 3.01. The number of anilines is 1. The Bertz CT molecular complexity index is 402. The molecule has 1 rings (SSSR count). The molecule has 0 atom stereocenters. The molecule has 0 bridgehead atoms. The highest BCUT2D eigenvalue weighted by Gasteiger charge is 2.03. The normalized spacial score (nSPS) is 11.4. The molecule has 0 unspecified atom stereocenters. The van der Waals surface area contributed by atoms with Gasteiger partial charge in [-0.1, -0.05) is 19.1 Å². The van der Waals surface area contributed by atoms with Gasteiger partial charge in [0, 0.05) is 21.9 Å². The molecule has 0 aromatic heterocycles. The number of nitrogen functional groups attached to an aromatic ring is 1. The molecular weight excluding hydrogens is 222 g/mol. The fourth-order valence-corrected chi connectivity index (χ4v) is 2.10. The zero-order valence-electron chi connectivity index (χ0n) is 9.14. The van der Waals surface area contributed by atoms with Gasteiger partial charge < -0.3 is 10.8 Å². The minimum Gasteiger partial charge on any atom is -0.478 e. The summed E-state index contributed by atoms with van der Waals surface area (Å²) in [6.07, 6.45) is 2.29. The molecule has 0 aliphatic rings. The summed E-state index contributed by atoms with van der Waals surface area (Å²) in [5.74, 6) is -0.186. The number of carboxylic acid groups (broad SMARTS) is 1. The number of benzene rings is 1. The molecule has 1 aromatic carbocycles. The van der Waals surface area contributed by atoms with Crippen LogP contribution in [0.2, 0.25) is 0 Å². The lowest BCUT2D eigenvalue weighted by Gasteiger charge is -2.01. The van der Waals surface area contributed by atoms with Crippen LogP contribution in [0.4, 0.5) is 5.69 Å². The van der Waals surface area contributed by atoms with Crippen LogP contribution in [0.5, 0.6) is 0 Å². The number of rotatable bonds is 5. The molecule has 86 valence electrons. The molecule has 0 heterocycles. The zero-order valence-corrected chi connectivity index (χ0v) is 9.96. The van der Waals surface area contributed by atoms with Crippen molar-refractivity contribution in [1.29, 1.82) is 0 Å². The Morgan fingerprint density at radius 2 is 2.31 bits per heavy atom. The van der Waals surface area contributed by atoms with Gasteiger partial charge in [0.25, 0.3) is 0 Å². The van der Waals surface area contributed by atoms with Crippen LogP contribution in [0.15, 0.2) is 40.8 Å². The van der Waals surface area contributed by atoms with Crippen LogP contribution in [0.3, 0.4) is 0 Å². The van der Waals surface area contributed by atoms with Gasteiger partial charge in [-0.15, -0.1) is 11.8 Å². The van der Waals surface area contributed by atoms with Crippen molar-refractivity contribution in [2.24, 2.45) is 0 Å². The summed E-state index contributed by atoms with van der Waals surface area (Å²) in [5.41, 5.74) is 6.82. The molecule has 3 N–H and O–H groups in total. The second-order valence-corrected chi connectivity index (χ2v) is 4.36. The largest absolute Gasteiger partial charge is 0.478 e. The summed E-state index contributed by atoms with van der Waals surface area (Å²) in [6, 6.07) is 7.56. The van der Waals surface area contributed by atoms with E-state index in [0.29, 0.717) is 17.7 Å². The van der Waals surface area contributed by atoms with Gasteiger partial charge in [0.1, 0.15) is 0 Å². The molecule has 0 spiro atoms. The molecule has 0 saturated heterocycles. The van der Waals surface area contributed by atoms with E-state index in [9.17, 15) is 4.79 Å². The fraction of sp³-hybridized carbons (Fsp3) is 0.250. The van der Waals surface area contributed by atoms with E-state index < -0.39 is 5.97 Å². The summed E-state index contributed by atoms with van der Waals surface area (Å²) in [6.45, 7) is 1.84. The van der Waals surface area contributed by atoms with Gasteiger partial charge in [-0.3, -0.25) is 0 Å². The maximum atomic E-state index is 10.7. The number of nitrogens with two attached hydrogens (primary N) is 1. The van der Waals surface area contributed by atoms with Gasteiger partial charge in [-0.05, 0) is 24.6 Å². The first kappa shape index (κ1) is 12.6. The third kappa shape index (κ3) is 3.98. The predicted molar refractivity (Wildman–Crippen MR) is 67.6 cm³/mol. The highest BCUT2D eigenvalue weighted by molar-refractivity contribution is 7.99. The first-order valence-electron chi connectivity index (χ1n) is 5.04. The van der Waals surface area contributed by atoms with Gasteiger partial charge >= 0.3 is 5.97 Å². The Hall–Kier alpha value is -1.42. The topological polar surface area (TPSA) is 63.3 Å². The molecule has 16 heavy (non-hydrogen) atoms. The Labute approximate surface area is 99.4 Å². The zero-order chi connectivity index (χ0) is 12.0. The van der Waals surface area contributed by atoms with Crippen LogP contribution in [0.25, 0.3) is 0 Å². The van der Waals surface area contributed by atoms with E-state index >= 15 is 0 Å².